The number of halogens is 4. The molecule has 7 heteroatoms. The van der Waals surface area contributed by atoms with Gasteiger partial charge in [0.25, 0.3) is 0 Å². The molecule has 3 nitrogen and oxygen atoms in total. The molecule has 0 aromatic heterocycles. The van der Waals surface area contributed by atoms with Crippen LogP contribution in [0.15, 0.2) is 28.7 Å². The fourth-order valence-corrected chi connectivity index (χ4v) is 3.15. The first-order valence-electron chi connectivity index (χ1n) is 7.51. The first kappa shape index (κ1) is 18.3. The number of esters is 1. The monoisotopic (exact) mass is 393 g/mol. The number of rotatable bonds is 5. The quantitative estimate of drug-likeness (QED) is 0.708. The van der Waals surface area contributed by atoms with Crippen LogP contribution >= 0.6 is 15.9 Å². The minimum absolute atomic E-state index is 0.0908. The number of likely N-dealkylation sites (tertiary alicyclic amines) is 1. The summed E-state index contributed by atoms with van der Waals surface area (Å²) in [5, 5.41) is 0. The van der Waals surface area contributed by atoms with Crippen molar-refractivity contribution < 1.29 is 22.7 Å². The number of ether oxygens (including phenoxy) is 1. The van der Waals surface area contributed by atoms with Crippen molar-refractivity contribution in [3.63, 3.8) is 0 Å². The van der Waals surface area contributed by atoms with Gasteiger partial charge < -0.3 is 9.64 Å². The normalized spacial score (nSPS) is 22.3. The molecule has 1 heterocycles. The second kappa shape index (κ2) is 7.66. The molecule has 1 aromatic carbocycles. The van der Waals surface area contributed by atoms with Crippen LogP contribution in [0.5, 0.6) is 0 Å². The zero-order chi connectivity index (χ0) is 17.0. The van der Waals surface area contributed by atoms with Gasteiger partial charge in [0.1, 0.15) is 0 Å². The second-order valence-electron chi connectivity index (χ2n) is 5.64. The molecule has 2 unspecified atom stereocenters. The molecule has 23 heavy (non-hydrogen) atoms. The van der Waals surface area contributed by atoms with Crippen LogP contribution < -0.4 is 0 Å². The van der Waals surface area contributed by atoms with Crippen molar-refractivity contribution in [1.29, 1.82) is 0 Å². The van der Waals surface area contributed by atoms with E-state index in [-0.39, 0.29) is 25.0 Å². The maximum Gasteiger partial charge on any atom is 0.390 e. The minimum atomic E-state index is -4.19. The van der Waals surface area contributed by atoms with Crippen LogP contribution in [0.4, 0.5) is 13.2 Å². The molecule has 2 atom stereocenters. The molecule has 1 aliphatic heterocycles. The first-order valence-corrected chi connectivity index (χ1v) is 8.30. The first-order chi connectivity index (χ1) is 10.8. The van der Waals surface area contributed by atoms with Crippen LogP contribution in [-0.4, -0.2) is 43.3 Å². The number of carbonyl (C=O) groups excluding carboxylic acids is 1. The van der Waals surface area contributed by atoms with Gasteiger partial charge in [-0.2, -0.15) is 13.2 Å². The van der Waals surface area contributed by atoms with E-state index >= 15 is 0 Å². The van der Waals surface area contributed by atoms with E-state index in [1.54, 1.807) is 11.8 Å². The van der Waals surface area contributed by atoms with Gasteiger partial charge in [0.05, 0.1) is 18.9 Å². The zero-order valence-electron chi connectivity index (χ0n) is 12.8. The van der Waals surface area contributed by atoms with Crippen molar-refractivity contribution in [2.24, 2.45) is 5.92 Å². The van der Waals surface area contributed by atoms with Gasteiger partial charge in [0.2, 0.25) is 0 Å². The van der Waals surface area contributed by atoms with Crippen LogP contribution in [0.2, 0.25) is 0 Å². The SMILES string of the molecule is CCOC(=O)C1CN(CCC(F)(F)F)CC1c1ccc(Br)cc1. The Kier molecular flexibility index (Phi) is 6.08. The number of hydrogen-bond donors (Lipinski definition) is 0. The van der Waals surface area contributed by atoms with E-state index in [2.05, 4.69) is 15.9 Å². The average molecular weight is 394 g/mol. The molecular formula is C16H19BrF3NO2. The topological polar surface area (TPSA) is 29.5 Å². The van der Waals surface area contributed by atoms with Crippen molar-refractivity contribution in [3.05, 3.63) is 34.3 Å². The Labute approximate surface area is 141 Å². The van der Waals surface area contributed by atoms with Crippen LogP contribution in [0, 0.1) is 5.92 Å². The van der Waals surface area contributed by atoms with Gasteiger partial charge in [-0.1, -0.05) is 28.1 Å². The predicted octanol–water partition coefficient (Wildman–Crippen LogP) is 3.98. The lowest BCUT2D eigenvalue weighted by Crippen LogP contribution is -2.28. The van der Waals surface area contributed by atoms with E-state index in [0.717, 1.165) is 10.0 Å². The summed E-state index contributed by atoms with van der Waals surface area (Å²) in [6, 6.07) is 7.54. The molecule has 1 fully saturated rings. The number of benzene rings is 1. The highest BCUT2D eigenvalue weighted by atomic mass is 79.9. The molecule has 1 aromatic rings. The van der Waals surface area contributed by atoms with Gasteiger partial charge >= 0.3 is 12.1 Å². The number of carbonyl (C=O) groups is 1. The molecule has 0 bridgehead atoms. The van der Waals surface area contributed by atoms with Gasteiger partial charge in [-0.3, -0.25) is 4.79 Å². The molecule has 0 N–H and O–H groups in total. The molecule has 0 spiro atoms. The van der Waals surface area contributed by atoms with E-state index < -0.39 is 18.5 Å². The number of nitrogens with zero attached hydrogens (tertiary/aromatic N) is 1. The summed E-state index contributed by atoms with van der Waals surface area (Å²) in [5.41, 5.74) is 0.945. The van der Waals surface area contributed by atoms with Gasteiger partial charge in [-0.05, 0) is 24.6 Å². The molecule has 2 rings (SSSR count). The minimum Gasteiger partial charge on any atom is -0.466 e. The molecule has 1 aliphatic rings. The van der Waals surface area contributed by atoms with E-state index in [9.17, 15) is 18.0 Å². The maximum atomic E-state index is 12.4. The Morgan fingerprint density at radius 1 is 1.30 bits per heavy atom. The Hall–Kier alpha value is -1.08. The molecule has 0 aliphatic carbocycles. The third-order valence-corrected chi connectivity index (χ3v) is 4.52. The van der Waals surface area contributed by atoms with Crippen molar-refractivity contribution in [2.45, 2.75) is 25.4 Å². The highest BCUT2D eigenvalue weighted by Crippen LogP contribution is 2.35. The summed E-state index contributed by atoms with van der Waals surface area (Å²) in [7, 11) is 0. The van der Waals surface area contributed by atoms with Gasteiger partial charge in [-0.15, -0.1) is 0 Å². The standard InChI is InChI=1S/C16H19BrF3NO2/c1-2-23-15(22)14-10-21(8-7-16(18,19)20)9-13(14)11-3-5-12(17)6-4-11/h3-6,13-14H,2,7-10H2,1H3. The lowest BCUT2D eigenvalue weighted by Gasteiger charge is -2.17. The van der Waals surface area contributed by atoms with E-state index in [4.69, 9.17) is 4.74 Å². The number of hydrogen-bond acceptors (Lipinski definition) is 3. The van der Waals surface area contributed by atoms with Gasteiger partial charge in [0.15, 0.2) is 0 Å². The van der Waals surface area contributed by atoms with E-state index in [1.807, 2.05) is 24.3 Å². The highest BCUT2D eigenvalue weighted by molar-refractivity contribution is 9.10. The molecule has 128 valence electrons. The molecule has 0 radical (unpaired) electrons. The third-order valence-electron chi connectivity index (χ3n) is 3.99. The fraction of sp³-hybridized carbons (Fsp3) is 0.562. The van der Waals surface area contributed by atoms with Crippen LogP contribution in [0.3, 0.4) is 0 Å². The predicted molar refractivity (Wildman–Crippen MR) is 84.1 cm³/mol. The molecular weight excluding hydrogens is 375 g/mol. The van der Waals surface area contributed by atoms with Crippen LogP contribution in [0.25, 0.3) is 0 Å². The van der Waals surface area contributed by atoms with Crippen LogP contribution in [-0.2, 0) is 9.53 Å². The molecule has 0 saturated carbocycles. The zero-order valence-corrected chi connectivity index (χ0v) is 14.4. The van der Waals surface area contributed by atoms with Crippen molar-refractivity contribution in [1.82, 2.24) is 4.90 Å². The Morgan fingerprint density at radius 3 is 2.52 bits per heavy atom. The van der Waals surface area contributed by atoms with E-state index in [0.29, 0.717) is 13.1 Å². The van der Waals surface area contributed by atoms with Gasteiger partial charge in [-0.25, -0.2) is 0 Å². The summed E-state index contributed by atoms with van der Waals surface area (Å²) in [4.78, 5) is 13.9. The summed E-state index contributed by atoms with van der Waals surface area (Å²) in [6.45, 7) is 2.64. The fourth-order valence-electron chi connectivity index (χ4n) is 2.89. The Morgan fingerprint density at radius 2 is 1.96 bits per heavy atom. The maximum absolute atomic E-state index is 12.4. The molecule has 0 amide bonds. The Balaban J connectivity index is 2.12. The third kappa shape index (κ3) is 5.21. The summed E-state index contributed by atoms with van der Waals surface area (Å²) < 4.78 is 43.3. The van der Waals surface area contributed by atoms with E-state index in [1.165, 1.54) is 0 Å². The summed E-state index contributed by atoms with van der Waals surface area (Å²) in [5.74, 6) is -0.908. The molecule has 1 saturated heterocycles. The second-order valence-corrected chi connectivity index (χ2v) is 6.56. The summed E-state index contributed by atoms with van der Waals surface area (Å²) in [6.07, 6.45) is -5.05. The number of alkyl halides is 3. The van der Waals surface area contributed by atoms with Crippen molar-refractivity contribution in [2.75, 3.05) is 26.2 Å². The summed E-state index contributed by atoms with van der Waals surface area (Å²) >= 11 is 3.35. The largest absolute Gasteiger partial charge is 0.466 e. The Bertz CT molecular complexity index is 533. The lowest BCUT2D eigenvalue weighted by atomic mass is 9.89. The highest BCUT2D eigenvalue weighted by Gasteiger charge is 2.40. The van der Waals surface area contributed by atoms with Gasteiger partial charge in [0, 0.05) is 30.0 Å². The lowest BCUT2D eigenvalue weighted by molar-refractivity contribution is -0.148. The average Bonchev–Trinajstić information content (AvgIpc) is 2.90. The smallest absolute Gasteiger partial charge is 0.390 e. The van der Waals surface area contributed by atoms with Crippen molar-refractivity contribution >= 4 is 21.9 Å². The van der Waals surface area contributed by atoms with Crippen LogP contribution in [0.1, 0.15) is 24.8 Å². The van der Waals surface area contributed by atoms with Crippen molar-refractivity contribution in [3.8, 4) is 0 Å².